The number of halogens is 2. The van der Waals surface area contributed by atoms with E-state index in [2.05, 4.69) is 10.5 Å². The first-order valence-corrected chi connectivity index (χ1v) is 8.38. The largest absolute Gasteiger partial charge is 0.315 e. The SMILES string of the molecule is Cc1cc(/C=N\NC(=O)c2cccc(Cl)c2)c(C)n1-c1ccccc1F. The highest BCUT2D eigenvalue weighted by Crippen LogP contribution is 2.21. The third-order valence-electron chi connectivity index (χ3n) is 4.02. The van der Waals surface area contributed by atoms with Gasteiger partial charge in [-0.2, -0.15) is 5.10 Å². The van der Waals surface area contributed by atoms with Gasteiger partial charge in [0.2, 0.25) is 0 Å². The fourth-order valence-electron chi connectivity index (χ4n) is 2.78. The van der Waals surface area contributed by atoms with Crippen molar-refractivity contribution in [2.45, 2.75) is 13.8 Å². The molecule has 1 amide bonds. The first kappa shape index (κ1) is 17.9. The van der Waals surface area contributed by atoms with Gasteiger partial charge in [0.25, 0.3) is 5.91 Å². The number of rotatable bonds is 4. The molecule has 1 heterocycles. The Morgan fingerprint density at radius 2 is 1.92 bits per heavy atom. The van der Waals surface area contributed by atoms with E-state index >= 15 is 0 Å². The Morgan fingerprint density at radius 1 is 1.15 bits per heavy atom. The van der Waals surface area contributed by atoms with E-state index in [1.807, 2.05) is 24.5 Å². The summed E-state index contributed by atoms with van der Waals surface area (Å²) in [4.78, 5) is 12.1. The van der Waals surface area contributed by atoms with Gasteiger partial charge in [0.05, 0.1) is 11.9 Å². The van der Waals surface area contributed by atoms with Crippen molar-refractivity contribution in [1.29, 1.82) is 0 Å². The van der Waals surface area contributed by atoms with Crippen LogP contribution in [0.5, 0.6) is 0 Å². The molecule has 6 heteroatoms. The van der Waals surface area contributed by atoms with Crippen molar-refractivity contribution in [3.63, 3.8) is 0 Å². The van der Waals surface area contributed by atoms with Gasteiger partial charge in [0.15, 0.2) is 0 Å². The van der Waals surface area contributed by atoms with Crippen LogP contribution in [0.4, 0.5) is 4.39 Å². The number of carbonyl (C=O) groups excluding carboxylic acids is 1. The minimum absolute atomic E-state index is 0.299. The topological polar surface area (TPSA) is 46.4 Å². The summed E-state index contributed by atoms with van der Waals surface area (Å²) in [5, 5.41) is 4.49. The highest BCUT2D eigenvalue weighted by atomic mass is 35.5. The van der Waals surface area contributed by atoms with Gasteiger partial charge in [-0.05, 0) is 50.2 Å². The summed E-state index contributed by atoms with van der Waals surface area (Å²) in [7, 11) is 0. The summed E-state index contributed by atoms with van der Waals surface area (Å²) in [6.07, 6.45) is 1.54. The van der Waals surface area contributed by atoms with Gasteiger partial charge in [-0.15, -0.1) is 0 Å². The number of hydrazone groups is 1. The second-order valence-corrected chi connectivity index (χ2v) is 6.26. The van der Waals surface area contributed by atoms with E-state index < -0.39 is 0 Å². The second-order valence-electron chi connectivity index (χ2n) is 5.82. The van der Waals surface area contributed by atoms with Crippen LogP contribution in [0, 0.1) is 19.7 Å². The quantitative estimate of drug-likeness (QED) is 0.528. The Labute approximate surface area is 155 Å². The van der Waals surface area contributed by atoms with E-state index in [0.29, 0.717) is 16.3 Å². The van der Waals surface area contributed by atoms with E-state index in [9.17, 15) is 9.18 Å². The maximum Gasteiger partial charge on any atom is 0.271 e. The summed E-state index contributed by atoms with van der Waals surface area (Å²) >= 11 is 5.88. The van der Waals surface area contributed by atoms with Crippen molar-refractivity contribution < 1.29 is 9.18 Å². The third-order valence-corrected chi connectivity index (χ3v) is 4.26. The Kier molecular flexibility index (Phi) is 5.19. The molecule has 1 N–H and O–H groups in total. The number of aryl methyl sites for hydroxylation is 1. The number of hydrogen-bond donors (Lipinski definition) is 1. The lowest BCUT2D eigenvalue weighted by atomic mass is 10.2. The molecule has 0 aliphatic carbocycles. The highest BCUT2D eigenvalue weighted by Gasteiger charge is 2.12. The zero-order chi connectivity index (χ0) is 18.7. The van der Waals surface area contributed by atoms with Crippen LogP contribution >= 0.6 is 11.6 Å². The zero-order valence-corrected chi connectivity index (χ0v) is 15.1. The Hall–Kier alpha value is -2.92. The number of para-hydroxylation sites is 1. The van der Waals surface area contributed by atoms with Gasteiger partial charge in [0, 0.05) is 27.5 Å². The predicted molar refractivity (Wildman–Crippen MR) is 102 cm³/mol. The molecule has 0 saturated heterocycles. The van der Waals surface area contributed by atoms with Crippen LogP contribution in [-0.4, -0.2) is 16.7 Å². The van der Waals surface area contributed by atoms with Crippen LogP contribution in [0.25, 0.3) is 5.69 Å². The van der Waals surface area contributed by atoms with Crippen LogP contribution in [0.15, 0.2) is 59.7 Å². The van der Waals surface area contributed by atoms with Crippen LogP contribution in [0.3, 0.4) is 0 Å². The molecular formula is C20H17ClFN3O. The lowest BCUT2D eigenvalue weighted by Crippen LogP contribution is -2.17. The summed E-state index contributed by atoms with van der Waals surface area (Å²) in [6, 6.07) is 15.1. The van der Waals surface area contributed by atoms with Gasteiger partial charge in [-0.1, -0.05) is 29.8 Å². The van der Waals surface area contributed by atoms with Gasteiger partial charge in [-0.25, -0.2) is 9.82 Å². The molecule has 0 spiro atoms. The van der Waals surface area contributed by atoms with Gasteiger partial charge >= 0.3 is 0 Å². The molecule has 0 aliphatic heterocycles. The number of amides is 1. The van der Waals surface area contributed by atoms with Crippen LogP contribution < -0.4 is 5.43 Å². The molecule has 4 nitrogen and oxygen atoms in total. The zero-order valence-electron chi connectivity index (χ0n) is 14.3. The molecule has 0 radical (unpaired) electrons. The number of nitrogens with zero attached hydrogens (tertiary/aromatic N) is 2. The minimum atomic E-state index is -0.355. The summed E-state index contributed by atoms with van der Waals surface area (Å²) in [5.41, 5.74) is 5.86. The molecule has 0 atom stereocenters. The molecule has 0 aliphatic rings. The first-order chi connectivity index (χ1) is 12.5. The maximum atomic E-state index is 14.1. The Morgan fingerprint density at radius 3 is 2.65 bits per heavy atom. The van der Waals surface area contributed by atoms with E-state index in [4.69, 9.17) is 11.6 Å². The van der Waals surface area contributed by atoms with Crippen molar-refractivity contribution in [3.8, 4) is 5.69 Å². The number of nitrogens with one attached hydrogen (secondary N) is 1. The van der Waals surface area contributed by atoms with Crippen molar-refractivity contribution in [2.24, 2.45) is 5.10 Å². The molecule has 3 aromatic rings. The monoisotopic (exact) mass is 369 g/mol. The smallest absolute Gasteiger partial charge is 0.271 e. The Balaban J connectivity index is 1.81. The summed E-state index contributed by atoms with van der Waals surface area (Å²) < 4.78 is 15.9. The molecule has 0 saturated carbocycles. The highest BCUT2D eigenvalue weighted by molar-refractivity contribution is 6.30. The third kappa shape index (κ3) is 3.68. The van der Waals surface area contributed by atoms with E-state index in [-0.39, 0.29) is 11.7 Å². The van der Waals surface area contributed by atoms with Gasteiger partial charge in [0.1, 0.15) is 5.82 Å². The molecule has 26 heavy (non-hydrogen) atoms. The molecular weight excluding hydrogens is 353 g/mol. The molecule has 0 fully saturated rings. The fourth-order valence-corrected chi connectivity index (χ4v) is 2.97. The number of hydrogen-bond acceptors (Lipinski definition) is 2. The molecule has 2 aromatic carbocycles. The van der Waals surface area contributed by atoms with Crippen molar-refractivity contribution >= 4 is 23.7 Å². The number of aromatic nitrogens is 1. The Bertz CT molecular complexity index is 994. The second kappa shape index (κ2) is 7.54. The van der Waals surface area contributed by atoms with Gasteiger partial charge < -0.3 is 4.57 Å². The average Bonchev–Trinajstić information content (AvgIpc) is 2.89. The van der Waals surface area contributed by atoms with Crippen LogP contribution in [0.1, 0.15) is 27.3 Å². The van der Waals surface area contributed by atoms with E-state index in [0.717, 1.165) is 17.0 Å². The van der Waals surface area contributed by atoms with Crippen molar-refractivity contribution in [1.82, 2.24) is 9.99 Å². The molecule has 132 valence electrons. The van der Waals surface area contributed by atoms with Gasteiger partial charge in [-0.3, -0.25) is 4.79 Å². The molecule has 0 bridgehead atoms. The predicted octanol–water partition coefficient (Wildman–Crippen LogP) is 4.65. The van der Waals surface area contributed by atoms with Crippen molar-refractivity contribution in [2.75, 3.05) is 0 Å². The lowest BCUT2D eigenvalue weighted by molar-refractivity contribution is 0.0955. The van der Waals surface area contributed by atoms with E-state index in [1.54, 1.807) is 48.7 Å². The van der Waals surface area contributed by atoms with Crippen LogP contribution in [-0.2, 0) is 0 Å². The minimum Gasteiger partial charge on any atom is -0.315 e. The van der Waals surface area contributed by atoms with Crippen LogP contribution in [0.2, 0.25) is 5.02 Å². The van der Waals surface area contributed by atoms with Crippen molar-refractivity contribution in [3.05, 3.63) is 88.0 Å². The first-order valence-electron chi connectivity index (χ1n) is 8.00. The standard InChI is InChI=1S/C20H17ClFN3O/c1-13-10-16(14(2)25(13)19-9-4-3-8-18(19)22)12-23-24-20(26)15-6-5-7-17(21)11-15/h3-12H,1-2H3,(H,24,26)/b23-12-. The summed E-state index contributed by atoms with van der Waals surface area (Å²) in [6.45, 7) is 3.76. The number of carbonyl (C=O) groups is 1. The number of benzene rings is 2. The normalized spacial score (nSPS) is 11.1. The van der Waals surface area contributed by atoms with E-state index in [1.165, 1.54) is 6.07 Å². The summed E-state index contributed by atoms with van der Waals surface area (Å²) in [5.74, 6) is -0.654. The molecule has 1 aromatic heterocycles. The molecule has 0 unspecified atom stereocenters. The lowest BCUT2D eigenvalue weighted by Gasteiger charge is -2.10. The average molecular weight is 370 g/mol. The fraction of sp³-hybridized carbons (Fsp3) is 0.100. The maximum absolute atomic E-state index is 14.1. The molecule has 3 rings (SSSR count).